The van der Waals surface area contributed by atoms with Crippen LogP contribution in [0.4, 0.5) is 5.69 Å². The molecule has 0 saturated carbocycles. The van der Waals surface area contributed by atoms with Gasteiger partial charge in [0.1, 0.15) is 0 Å². The minimum Gasteiger partial charge on any atom is -0.368 e. The van der Waals surface area contributed by atoms with Crippen LogP contribution >= 0.6 is 0 Å². The zero-order valence-electron chi connectivity index (χ0n) is 13.8. The summed E-state index contributed by atoms with van der Waals surface area (Å²) in [5.74, 6) is 0.247. The van der Waals surface area contributed by atoms with Crippen molar-refractivity contribution in [2.24, 2.45) is 0 Å². The molecule has 0 spiro atoms. The van der Waals surface area contributed by atoms with Gasteiger partial charge in [0.2, 0.25) is 5.91 Å². The first-order valence-corrected chi connectivity index (χ1v) is 8.04. The van der Waals surface area contributed by atoms with Gasteiger partial charge in [-0.25, -0.2) is 0 Å². The van der Waals surface area contributed by atoms with E-state index in [1.807, 2.05) is 11.0 Å². The maximum absolute atomic E-state index is 12.2. The predicted octanol–water partition coefficient (Wildman–Crippen LogP) is 2.12. The lowest BCUT2D eigenvalue weighted by Crippen LogP contribution is -2.49. The fourth-order valence-electron chi connectivity index (χ4n) is 2.83. The summed E-state index contributed by atoms with van der Waals surface area (Å²) in [6.45, 7) is 12.9. The van der Waals surface area contributed by atoms with Crippen molar-refractivity contribution in [3.8, 4) is 0 Å². The number of aryl methyl sites for hydroxylation is 1. The Morgan fingerprint density at radius 3 is 2.68 bits per heavy atom. The number of anilines is 1. The Morgan fingerprint density at radius 2 is 2.00 bits per heavy atom. The second-order valence-electron chi connectivity index (χ2n) is 5.83. The number of hydrogen-bond acceptors (Lipinski definition) is 3. The summed E-state index contributed by atoms with van der Waals surface area (Å²) in [6.07, 6.45) is 2.38. The molecule has 1 aromatic rings. The molecule has 120 valence electrons. The number of piperazine rings is 1. The van der Waals surface area contributed by atoms with Crippen LogP contribution in [0.2, 0.25) is 0 Å². The maximum Gasteiger partial charge on any atom is 0.223 e. The summed E-state index contributed by atoms with van der Waals surface area (Å²) in [5.41, 5.74) is 3.97. The van der Waals surface area contributed by atoms with Crippen molar-refractivity contribution >= 4 is 11.6 Å². The van der Waals surface area contributed by atoms with Crippen molar-refractivity contribution in [1.82, 2.24) is 10.2 Å². The van der Waals surface area contributed by atoms with E-state index in [9.17, 15) is 4.79 Å². The van der Waals surface area contributed by atoms with Crippen molar-refractivity contribution in [3.05, 3.63) is 42.0 Å². The molecular formula is C18H27N3O. The first-order valence-electron chi connectivity index (χ1n) is 8.04. The van der Waals surface area contributed by atoms with Gasteiger partial charge in [-0.15, -0.1) is 6.58 Å². The second-order valence-corrected chi connectivity index (χ2v) is 5.83. The summed E-state index contributed by atoms with van der Waals surface area (Å²) in [6, 6.07) is 6.44. The largest absolute Gasteiger partial charge is 0.368 e. The predicted molar refractivity (Wildman–Crippen MR) is 92.4 cm³/mol. The van der Waals surface area contributed by atoms with Crippen LogP contribution in [0.5, 0.6) is 0 Å². The van der Waals surface area contributed by atoms with Gasteiger partial charge in [0.25, 0.3) is 0 Å². The van der Waals surface area contributed by atoms with Gasteiger partial charge in [0, 0.05) is 51.4 Å². The summed E-state index contributed by atoms with van der Waals surface area (Å²) >= 11 is 0. The highest BCUT2D eigenvalue weighted by Crippen LogP contribution is 2.23. The van der Waals surface area contributed by atoms with Crippen LogP contribution in [0.3, 0.4) is 0 Å². The molecule has 1 heterocycles. The zero-order chi connectivity index (χ0) is 15.9. The highest BCUT2D eigenvalue weighted by atomic mass is 16.2. The van der Waals surface area contributed by atoms with Crippen LogP contribution < -0.4 is 10.2 Å². The number of carbonyl (C=O) groups is 1. The molecule has 2 rings (SSSR count). The van der Waals surface area contributed by atoms with Crippen molar-refractivity contribution in [1.29, 1.82) is 0 Å². The number of hydrogen-bond donors (Lipinski definition) is 1. The first kappa shape index (κ1) is 16.6. The van der Waals surface area contributed by atoms with Gasteiger partial charge in [0.05, 0.1) is 0 Å². The minimum absolute atomic E-state index is 0.247. The van der Waals surface area contributed by atoms with E-state index in [1.165, 1.54) is 16.8 Å². The number of amides is 1. The minimum atomic E-state index is 0.247. The molecule has 0 radical (unpaired) electrons. The van der Waals surface area contributed by atoms with E-state index >= 15 is 0 Å². The molecule has 22 heavy (non-hydrogen) atoms. The highest BCUT2D eigenvalue weighted by molar-refractivity contribution is 5.76. The molecule has 0 atom stereocenters. The number of rotatable bonds is 6. The molecule has 1 saturated heterocycles. The van der Waals surface area contributed by atoms with E-state index in [1.54, 1.807) is 0 Å². The van der Waals surface area contributed by atoms with Crippen LogP contribution in [0.25, 0.3) is 0 Å². The zero-order valence-corrected chi connectivity index (χ0v) is 13.8. The lowest BCUT2D eigenvalue weighted by atomic mass is 10.1. The van der Waals surface area contributed by atoms with Gasteiger partial charge in [-0.1, -0.05) is 18.2 Å². The number of nitrogens with zero attached hydrogens (tertiary/aromatic N) is 2. The molecule has 1 aromatic carbocycles. The molecule has 0 aromatic heterocycles. The normalized spacial score (nSPS) is 15.0. The van der Waals surface area contributed by atoms with Crippen LogP contribution in [-0.2, 0) is 4.79 Å². The Balaban J connectivity index is 1.83. The van der Waals surface area contributed by atoms with E-state index in [4.69, 9.17) is 0 Å². The third-order valence-electron chi connectivity index (χ3n) is 4.35. The molecular weight excluding hydrogens is 274 g/mol. The fraction of sp³-hybridized carbons (Fsp3) is 0.500. The van der Waals surface area contributed by atoms with Crippen LogP contribution in [0.15, 0.2) is 30.9 Å². The summed E-state index contributed by atoms with van der Waals surface area (Å²) < 4.78 is 0. The smallest absolute Gasteiger partial charge is 0.223 e. The monoisotopic (exact) mass is 301 g/mol. The van der Waals surface area contributed by atoms with Gasteiger partial charge >= 0.3 is 0 Å². The molecule has 1 amide bonds. The third-order valence-corrected chi connectivity index (χ3v) is 4.35. The molecule has 1 aliphatic heterocycles. The van der Waals surface area contributed by atoms with Gasteiger partial charge in [-0.2, -0.15) is 0 Å². The van der Waals surface area contributed by atoms with Crippen LogP contribution in [0.1, 0.15) is 17.5 Å². The molecule has 4 heteroatoms. The highest BCUT2D eigenvalue weighted by Gasteiger charge is 2.21. The first-order chi connectivity index (χ1) is 10.6. The maximum atomic E-state index is 12.2. The molecule has 0 aliphatic carbocycles. The number of benzene rings is 1. The summed E-state index contributed by atoms with van der Waals surface area (Å²) in [7, 11) is 0. The van der Waals surface area contributed by atoms with E-state index in [-0.39, 0.29) is 5.91 Å². The Kier molecular flexibility index (Phi) is 6.01. The lowest BCUT2D eigenvalue weighted by Gasteiger charge is -2.37. The summed E-state index contributed by atoms with van der Waals surface area (Å²) in [4.78, 5) is 16.5. The molecule has 1 N–H and O–H groups in total. The Morgan fingerprint density at radius 1 is 1.27 bits per heavy atom. The average Bonchev–Trinajstić information content (AvgIpc) is 2.54. The second kappa shape index (κ2) is 7.99. The standard InChI is InChI=1S/C18H27N3O/c1-4-9-19-10-8-18(22)21-13-11-20(12-14-21)17-7-5-6-15(2)16(17)3/h4-7,19H,1,8-14H2,2-3H3. The van der Waals surface area contributed by atoms with E-state index in [2.05, 4.69) is 48.8 Å². The lowest BCUT2D eigenvalue weighted by molar-refractivity contribution is -0.131. The molecule has 4 nitrogen and oxygen atoms in total. The Bertz CT molecular complexity index is 519. The van der Waals surface area contributed by atoms with Crippen molar-refractivity contribution in [3.63, 3.8) is 0 Å². The van der Waals surface area contributed by atoms with E-state index in [0.29, 0.717) is 6.42 Å². The van der Waals surface area contributed by atoms with Crippen molar-refractivity contribution in [2.45, 2.75) is 20.3 Å². The number of nitrogens with one attached hydrogen (secondary N) is 1. The summed E-state index contributed by atoms with van der Waals surface area (Å²) in [5, 5.41) is 3.18. The quantitative estimate of drug-likeness (QED) is 0.646. The van der Waals surface area contributed by atoms with Crippen molar-refractivity contribution < 1.29 is 4.79 Å². The molecule has 1 fully saturated rings. The number of carbonyl (C=O) groups excluding carboxylic acids is 1. The van der Waals surface area contributed by atoms with Gasteiger partial charge in [-0.05, 0) is 31.0 Å². The molecule has 0 bridgehead atoms. The van der Waals surface area contributed by atoms with E-state index in [0.717, 1.165) is 39.3 Å². The molecule has 1 aliphatic rings. The van der Waals surface area contributed by atoms with Crippen molar-refractivity contribution in [2.75, 3.05) is 44.2 Å². The Hall–Kier alpha value is -1.81. The molecule has 0 unspecified atom stereocenters. The van der Waals surface area contributed by atoms with Gasteiger partial charge in [0.15, 0.2) is 0 Å². The third kappa shape index (κ3) is 4.10. The topological polar surface area (TPSA) is 35.6 Å². The van der Waals surface area contributed by atoms with Crippen LogP contribution in [-0.4, -0.2) is 50.1 Å². The SMILES string of the molecule is C=CCNCCC(=O)N1CCN(c2cccc(C)c2C)CC1. The Labute approximate surface area is 133 Å². The average molecular weight is 301 g/mol. The van der Waals surface area contributed by atoms with Gasteiger partial charge in [-0.3, -0.25) is 4.79 Å². The fourth-order valence-corrected chi connectivity index (χ4v) is 2.83. The van der Waals surface area contributed by atoms with E-state index < -0.39 is 0 Å². The van der Waals surface area contributed by atoms with Crippen LogP contribution in [0, 0.1) is 13.8 Å². The van der Waals surface area contributed by atoms with Gasteiger partial charge < -0.3 is 15.1 Å².